The lowest BCUT2D eigenvalue weighted by atomic mass is 10.0. The first kappa shape index (κ1) is 23.8. The summed E-state index contributed by atoms with van der Waals surface area (Å²) in [7, 11) is 0. The van der Waals surface area contributed by atoms with Crippen LogP contribution in [0.15, 0.2) is 78.9 Å². The first-order valence-corrected chi connectivity index (χ1v) is 11.2. The standard InChI is InChI=1S/C26H26Cl2N2O2/c1-18(2)26(32)30(17-19-12-14-22(27)15-13-19)24(20-8-4-3-5-9-20)25(31)29-16-21-10-6-7-11-23(21)28/h3-15,18,24H,16-17H2,1-2H3,(H,29,31)/t24-/m1/s1. The van der Waals surface area contributed by atoms with Gasteiger partial charge in [-0.3, -0.25) is 9.59 Å². The summed E-state index contributed by atoms with van der Waals surface area (Å²) in [5.41, 5.74) is 2.45. The first-order valence-electron chi connectivity index (χ1n) is 10.5. The molecule has 0 heterocycles. The summed E-state index contributed by atoms with van der Waals surface area (Å²) in [6.07, 6.45) is 0. The molecule has 0 aromatic heterocycles. The maximum atomic E-state index is 13.5. The lowest BCUT2D eigenvalue weighted by Crippen LogP contribution is -2.44. The van der Waals surface area contributed by atoms with E-state index in [4.69, 9.17) is 23.2 Å². The number of nitrogens with one attached hydrogen (secondary N) is 1. The summed E-state index contributed by atoms with van der Waals surface area (Å²) in [4.78, 5) is 28.4. The molecule has 3 rings (SSSR count). The maximum absolute atomic E-state index is 13.5. The Morgan fingerprint density at radius 2 is 1.50 bits per heavy atom. The van der Waals surface area contributed by atoms with Gasteiger partial charge in [0, 0.05) is 29.1 Å². The summed E-state index contributed by atoms with van der Waals surface area (Å²) < 4.78 is 0. The van der Waals surface area contributed by atoms with Crippen LogP contribution in [-0.2, 0) is 22.7 Å². The molecule has 0 saturated heterocycles. The van der Waals surface area contributed by atoms with Crippen molar-refractivity contribution in [3.05, 3.63) is 106 Å². The van der Waals surface area contributed by atoms with Gasteiger partial charge >= 0.3 is 0 Å². The van der Waals surface area contributed by atoms with E-state index in [-0.39, 0.29) is 30.8 Å². The van der Waals surface area contributed by atoms with Crippen LogP contribution in [-0.4, -0.2) is 16.7 Å². The fourth-order valence-corrected chi connectivity index (χ4v) is 3.77. The van der Waals surface area contributed by atoms with E-state index >= 15 is 0 Å². The van der Waals surface area contributed by atoms with Crippen molar-refractivity contribution in [3.8, 4) is 0 Å². The van der Waals surface area contributed by atoms with Gasteiger partial charge in [0.25, 0.3) is 0 Å². The number of carbonyl (C=O) groups is 2. The summed E-state index contributed by atoms with van der Waals surface area (Å²) in [5, 5.41) is 4.17. The zero-order valence-corrected chi connectivity index (χ0v) is 19.6. The second-order valence-electron chi connectivity index (χ2n) is 7.87. The van der Waals surface area contributed by atoms with Gasteiger partial charge in [-0.05, 0) is 34.9 Å². The molecule has 0 unspecified atom stereocenters. The van der Waals surface area contributed by atoms with Crippen molar-refractivity contribution in [2.24, 2.45) is 5.92 Å². The number of hydrogen-bond donors (Lipinski definition) is 1. The Morgan fingerprint density at radius 1 is 0.875 bits per heavy atom. The topological polar surface area (TPSA) is 49.4 Å². The molecule has 166 valence electrons. The van der Waals surface area contributed by atoms with Crippen molar-refractivity contribution < 1.29 is 9.59 Å². The van der Waals surface area contributed by atoms with Crippen LogP contribution in [0.25, 0.3) is 0 Å². The Balaban J connectivity index is 1.94. The number of amides is 2. The van der Waals surface area contributed by atoms with Crippen LogP contribution in [0.5, 0.6) is 0 Å². The van der Waals surface area contributed by atoms with E-state index in [9.17, 15) is 9.59 Å². The molecule has 3 aromatic carbocycles. The molecule has 4 nitrogen and oxygen atoms in total. The van der Waals surface area contributed by atoms with Crippen LogP contribution in [0.3, 0.4) is 0 Å². The molecule has 6 heteroatoms. The number of hydrogen-bond acceptors (Lipinski definition) is 2. The van der Waals surface area contributed by atoms with Crippen LogP contribution in [0.1, 0.15) is 36.6 Å². The minimum absolute atomic E-state index is 0.110. The Morgan fingerprint density at radius 3 is 2.12 bits per heavy atom. The molecule has 1 N–H and O–H groups in total. The number of rotatable bonds is 8. The average Bonchev–Trinajstić information content (AvgIpc) is 2.79. The number of benzene rings is 3. The van der Waals surface area contributed by atoms with Crippen LogP contribution in [0.2, 0.25) is 10.0 Å². The molecule has 2 amide bonds. The summed E-state index contributed by atoms with van der Waals surface area (Å²) >= 11 is 12.3. The van der Waals surface area contributed by atoms with Gasteiger partial charge in [-0.2, -0.15) is 0 Å². The van der Waals surface area contributed by atoms with E-state index < -0.39 is 6.04 Å². The van der Waals surface area contributed by atoms with Gasteiger partial charge in [0.2, 0.25) is 11.8 Å². The predicted molar refractivity (Wildman–Crippen MR) is 129 cm³/mol. The summed E-state index contributed by atoms with van der Waals surface area (Å²) in [6.45, 7) is 4.22. The van der Waals surface area contributed by atoms with E-state index in [1.54, 1.807) is 23.1 Å². The SMILES string of the molecule is CC(C)C(=O)N(Cc1ccc(Cl)cc1)[C@@H](C(=O)NCc1ccccc1Cl)c1ccccc1. The fraction of sp³-hybridized carbons (Fsp3) is 0.231. The highest BCUT2D eigenvalue weighted by Gasteiger charge is 2.32. The summed E-state index contributed by atoms with van der Waals surface area (Å²) in [5.74, 6) is -0.648. The third kappa shape index (κ3) is 6.12. The third-order valence-corrected chi connectivity index (χ3v) is 5.75. The Kier molecular flexibility index (Phi) is 8.32. The minimum atomic E-state index is -0.788. The smallest absolute Gasteiger partial charge is 0.247 e. The average molecular weight is 469 g/mol. The van der Waals surface area contributed by atoms with Gasteiger partial charge in [0.15, 0.2) is 0 Å². The van der Waals surface area contributed by atoms with Crippen molar-refractivity contribution >= 4 is 35.0 Å². The zero-order chi connectivity index (χ0) is 23.1. The Bertz CT molecular complexity index is 1050. The molecule has 0 fully saturated rings. The molecular formula is C26H26Cl2N2O2. The minimum Gasteiger partial charge on any atom is -0.350 e. The molecule has 0 aliphatic rings. The van der Waals surface area contributed by atoms with Crippen molar-refractivity contribution in [3.63, 3.8) is 0 Å². The second-order valence-corrected chi connectivity index (χ2v) is 8.71. The van der Waals surface area contributed by atoms with Gasteiger partial charge in [-0.15, -0.1) is 0 Å². The van der Waals surface area contributed by atoms with Crippen LogP contribution < -0.4 is 5.32 Å². The lowest BCUT2D eigenvalue weighted by molar-refractivity contribution is -0.144. The number of halogens is 2. The van der Waals surface area contributed by atoms with Crippen LogP contribution in [0.4, 0.5) is 0 Å². The summed E-state index contributed by atoms with van der Waals surface area (Å²) in [6, 6.07) is 23.2. The van der Waals surface area contributed by atoms with E-state index in [1.165, 1.54) is 0 Å². The van der Waals surface area contributed by atoms with Crippen LogP contribution >= 0.6 is 23.2 Å². The van der Waals surface area contributed by atoms with E-state index in [0.29, 0.717) is 10.0 Å². The van der Waals surface area contributed by atoms with E-state index in [0.717, 1.165) is 16.7 Å². The highest BCUT2D eigenvalue weighted by molar-refractivity contribution is 6.31. The molecule has 1 atom stereocenters. The van der Waals surface area contributed by atoms with Crippen molar-refractivity contribution in [2.75, 3.05) is 0 Å². The molecule has 0 aliphatic heterocycles. The van der Waals surface area contributed by atoms with Crippen molar-refractivity contribution in [2.45, 2.75) is 33.0 Å². The molecule has 0 spiro atoms. The molecule has 0 saturated carbocycles. The van der Waals surface area contributed by atoms with Crippen molar-refractivity contribution in [1.82, 2.24) is 10.2 Å². The molecule has 0 aliphatic carbocycles. The highest BCUT2D eigenvalue weighted by Crippen LogP contribution is 2.26. The van der Waals surface area contributed by atoms with Gasteiger partial charge in [-0.1, -0.05) is 97.7 Å². The quantitative estimate of drug-likeness (QED) is 0.438. The van der Waals surface area contributed by atoms with Gasteiger partial charge in [0.1, 0.15) is 6.04 Å². The second kappa shape index (κ2) is 11.2. The first-order chi connectivity index (χ1) is 15.4. The van der Waals surface area contributed by atoms with Gasteiger partial charge in [-0.25, -0.2) is 0 Å². The number of nitrogens with zero attached hydrogens (tertiary/aromatic N) is 1. The van der Waals surface area contributed by atoms with Crippen LogP contribution in [0, 0.1) is 5.92 Å². The van der Waals surface area contributed by atoms with E-state index in [1.807, 2.05) is 74.5 Å². The third-order valence-electron chi connectivity index (χ3n) is 5.13. The normalized spacial score (nSPS) is 11.8. The molecule has 0 radical (unpaired) electrons. The highest BCUT2D eigenvalue weighted by atomic mass is 35.5. The van der Waals surface area contributed by atoms with Crippen molar-refractivity contribution in [1.29, 1.82) is 0 Å². The molecule has 32 heavy (non-hydrogen) atoms. The predicted octanol–water partition coefficient (Wildman–Crippen LogP) is 6.04. The number of carbonyl (C=O) groups excluding carboxylic acids is 2. The molecule has 0 bridgehead atoms. The Labute approximate surface area is 199 Å². The van der Waals surface area contributed by atoms with Gasteiger partial charge < -0.3 is 10.2 Å². The lowest BCUT2D eigenvalue weighted by Gasteiger charge is -2.33. The monoisotopic (exact) mass is 468 g/mol. The zero-order valence-electron chi connectivity index (χ0n) is 18.1. The molecular weight excluding hydrogens is 443 g/mol. The largest absolute Gasteiger partial charge is 0.350 e. The van der Waals surface area contributed by atoms with Gasteiger partial charge in [0.05, 0.1) is 0 Å². The van der Waals surface area contributed by atoms with E-state index in [2.05, 4.69) is 5.32 Å². The molecule has 3 aromatic rings. The fourth-order valence-electron chi connectivity index (χ4n) is 3.44. The maximum Gasteiger partial charge on any atom is 0.247 e. The Hall–Kier alpha value is -2.82.